The molecule has 0 radical (unpaired) electrons. The number of rotatable bonds is 7. The van der Waals surface area contributed by atoms with Crippen LogP contribution in [-0.2, 0) is 4.79 Å². The van der Waals surface area contributed by atoms with Gasteiger partial charge in [0.05, 0.1) is 17.7 Å². The maximum Gasteiger partial charge on any atom is 0.271 e. The van der Waals surface area contributed by atoms with Crippen LogP contribution in [0.2, 0.25) is 0 Å². The average Bonchev–Trinajstić information content (AvgIpc) is 2.59. The van der Waals surface area contributed by atoms with Crippen LogP contribution >= 0.6 is 0 Å². The SMILES string of the molecule is COc1ccc([N+](=O)[O-])cc1NC(=O)COc1ccc(C(C)C)c(C)c1. The highest BCUT2D eigenvalue weighted by Crippen LogP contribution is 2.29. The molecule has 0 bridgehead atoms. The second-order valence-corrected chi connectivity index (χ2v) is 6.15. The second kappa shape index (κ2) is 8.33. The summed E-state index contributed by atoms with van der Waals surface area (Å²) in [4.78, 5) is 22.5. The Morgan fingerprint density at radius 2 is 1.96 bits per heavy atom. The summed E-state index contributed by atoms with van der Waals surface area (Å²) >= 11 is 0. The molecule has 0 fully saturated rings. The maximum absolute atomic E-state index is 12.1. The second-order valence-electron chi connectivity index (χ2n) is 6.15. The molecule has 0 atom stereocenters. The highest BCUT2D eigenvalue weighted by Gasteiger charge is 2.14. The van der Waals surface area contributed by atoms with Crippen molar-refractivity contribution in [1.29, 1.82) is 0 Å². The number of hydrogen-bond acceptors (Lipinski definition) is 5. The van der Waals surface area contributed by atoms with E-state index in [0.29, 0.717) is 17.4 Å². The Kier molecular flexibility index (Phi) is 6.16. The van der Waals surface area contributed by atoms with Crippen LogP contribution in [0.5, 0.6) is 11.5 Å². The van der Waals surface area contributed by atoms with Crippen LogP contribution < -0.4 is 14.8 Å². The summed E-state index contributed by atoms with van der Waals surface area (Å²) in [5.41, 5.74) is 2.41. The zero-order chi connectivity index (χ0) is 19.3. The van der Waals surface area contributed by atoms with Crippen LogP contribution in [0, 0.1) is 17.0 Å². The van der Waals surface area contributed by atoms with Gasteiger partial charge in [-0.1, -0.05) is 19.9 Å². The number of nitrogens with zero attached hydrogens (tertiary/aromatic N) is 1. The molecule has 0 saturated carbocycles. The maximum atomic E-state index is 12.1. The molecule has 2 rings (SSSR count). The van der Waals surface area contributed by atoms with Crippen LogP contribution in [0.1, 0.15) is 30.9 Å². The number of carbonyl (C=O) groups is 1. The number of anilines is 1. The van der Waals surface area contributed by atoms with Gasteiger partial charge in [0.2, 0.25) is 0 Å². The highest BCUT2D eigenvalue weighted by molar-refractivity contribution is 5.93. The summed E-state index contributed by atoms with van der Waals surface area (Å²) in [5, 5.41) is 13.5. The molecule has 7 heteroatoms. The third kappa shape index (κ3) is 4.72. The fraction of sp³-hybridized carbons (Fsp3) is 0.316. The van der Waals surface area contributed by atoms with Crippen molar-refractivity contribution in [3.05, 3.63) is 57.6 Å². The van der Waals surface area contributed by atoms with Gasteiger partial charge in [0.25, 0.3) is 11.6 Å². The van der Waals surface area contributed by atoms with E-state index in [0.717, 1.165) is 5.56 Å². The number of nitrogens with one attached hydrogen (secondary N) is 1. The van der Waals surface area contributed by atoms with Gasteiger partial charge >= 0.3 is 0 Å². The van der Waals surface area contributed by atoms with Gasteiger partial charge < -0.3 is 14.8 Å². The van der Waals surface area contributed by atoms with Crippen LogP contribution in [0.4, 0.5) is 11.4 Å². The Morgan fingerprint density at radius 3 is 2.54 bits per heavy atom. The number of nitro groups is 1. The molecule has 2 aromatic carbocycles. The highest BCUT2D eigenvalue weighted by atomic mass is 16.6. The number of nitro benzene ring substituents is 1. The molecule has 0 aliphatic rings. The lowest BCUT2D eigenvalue weighted by molar-refractivity contribution is -0.384. The van der Waals surface area contributed by atoms with Gasteiger partial charge in [0, 0.05) is 12.1 Å². The monoisotopic (exact) mass is 358 g/mol. The Hall–Kier alpha value is -3.09. The van der Waals surface area contributed by atoms with Gasteiger partial charge in [-0.15, -0.1) is 0 Å². The van der Waals surface area contributed by atoms with E-state index in [1.807, 2.05) is 25.1 Å². The number of benzene rings is 2. The van der Waals surface area contributed by atoms with E-state index in [1.165, 1.54) is 30.9 Å². The first-order chi connectivity index (χ1) is 12.3. The molecule has 0 saturated heterocycles. The van der Waals surface area contributed by atoms with Crippen LogP contribution in [-0.4, -0.2) is 24.5 Å². The third-order valence-electron chi connectivity index (χ3n) is 3.90. The average molecular weight is 358 g/mol. The largest absolute Gasteiger partial charge is 0.495 e. The summed E-state index contributed by atoms with van der Waals surface area (Å²) in [6.07, 6.45) is 0. The lowest BCUT2D eigenvalue weighted by atomic mass is 9.98. The zero-order valence-corrected chi connectivity index (χ0v) is 15.2. The van der Waals surface area contributed by atoms with Crippen molar-refractivity contribution in [2.24, 2.45) is 0 Å². The van der Waals surface area contributed by atoms with Crippen molar-refractivity contribution >= 4 is 17.3 Å². The van der Waals surface area contributed by atoms with Crippen LogP contribution in [0.25, 0.3) is 0 Å². The molecule has 0 aliphatic carbocycles. The molecule has 7 nitrogen and oxygen atoms in total. The summed E-state index contributed by atoms with van der Waals surface area (Å²) < 4.78 is 10.6. The van der Waals surface area contributed by atoms with Crippen LogP contribution in [0.3, 0.4) is 0 Å². The molecular weight excluding hydrogens is 336 g/mol. The van der Waals surface area contributed by atoms with Gasteiger partial charge in [-0.25, -0.2) is 0 Å². The number of ether oxygens (including phenoxy) is 2. The van der Waals surface area contributed by atoms with Crippen LogP contribution in [0.15, 0.2) is 36.4 Å². The number of amides is 1. The zero-order valence-electron chi connectivity index (χ0n) is 15.2. The fourth-order valence-electron chi connectivity index (χ4n) is 2.63. The molecule has 1 amide bonds. The van der Waals surface area contributed by atoms with Crippen molar-refractivity contribution in [3.63, 3.8) is 0 Å². The number of carbonyl (C=O) groups excluding carboxylic acids is 1. The first-order valence-corrected chi connectivity index (χ1v) is 8.17. The lowest BCUT2D eigenvalue weighted by Gasteiger charge is -2.13. The van der Waals surface area contributed by atoms with Gasteiger partial charge in [-0.3, -0.25) is 14.9 Å². The van der Waals surface area contributed by atoms with Gasteiger partial charge in [0.15, 0.2) is 6.61 Å². The first-order valence-electron chi connectivity index (χ1n) is 8.17. The number of hydrogen-bond donors (Lipinski definition) is 1. The third-order valence-corrected chi connectivity index (χ3v) is 3.90. The minimum atomic E-state index is -0.537. The van der Waals surface area contributed by atoms with E-state index in [2.05, 4.69) is 19.2 Å². The molecule has 0 aromatic heterocycles. The van der Waals surface area contributed by atoms with E-state index < -0.39 is 10.8 Å². The van der Waals surface area contributed by atoms with Crippen molar-refractivity contribution in [3.8, 4) is 11.5 Å². The molecule has 138 valence electrons. The molecule has 2 aromatic rings. The summed E-state index contributed by atoms with van der Waals surface area (Å²) in [7, 11) is 1.42. The molecule has 0 heterocycles. The van der Waals surface area contributed by atoms with E-state index in [9.17, 15) is 14.9 Å². The first kappa shape index (κ1) is 19.2. The van der Waals surface area contributed by atoms with E-state index in [-0.39, 0.29) is 18.0 Å². The minimum absolute atomic E-state index is 0.137. The van der Waals surface area contributed by atoms with Crippen molar-refractivity contribution in [1.82, 2.24) is 0 Å². The molecule has 0 spiro atoms. The van der Waals surface area contributed by atoms with E-state index in [1.54, 1.807) is 0 Å². The molecular formula is C19H22N2O5. The van der Waals surface area contributed by atoms with Crippen molar-refractivity contribution < 1.29 is 19.2 Å². The predicted molar refractivity (Wildman–Crippen MR) is 99.0 cm³/mol. The van der Waals surface area contributed by atoms with Gasteiger partial charge in [0.1, 0.15) is 11.5 Å². The van der Waals surface area contributed by atoms with E-state index >= 15 is 0 Å². The minimum Gasteiger partial charge on any atom is -0.495 e. The topological polar surface area (TPSA) is 90.7 Å². The summed E-state index contributed by atoms with van der Waals surface area (Å²) in [5.74, 6) is 0.900. The quantitative estimate of drug-likeness (QED) is 0.595. The normalized spacial score (nSPS) is 10.5. The predicted octanol–water partition coefficient (Wildman–Crippen LogP) is 4.05. The standard InChI is InChI=1S/C19H22N2O5/c1-12(2)16-7-6-15(9-13(16)3)26-11-19(22)20-17-10-14(21(23)24)5-8-18(17)25-4/h5-10,12H,11H2,1-4H3,(H,20,22). The van der Waals surface area contributed by atoms with Gasteiger partial charge in [-0.2, -0.15) is 0 Å². The molecule has 0 unspecified atom stereocenters. The summed E-state index contributed by atoms with van der Waals surface area (Å²) in [6, 6.07) is 9.68. The number of methoxy groups -OCH3 is 1. The Labute approximate surface area is 152 Å². The van der Waals surface area contributed by atoms with Crippen molar-refractivity contribution in [2.45, 2.75) is 26.7 Å². The molecule has 0 aliphatic heterocycles. The fourth-order valence-corrected chi connectivity index (χ4v) is 2.63. The van der Waals surface area contributed by atoms with Crippen molar-refractivity contribution in [2.75, 3.05) is 19.0 Å². The Balaban J connectivity index is 2.04. The van der Waals surface area contributed by atoms with E-state index in [4.69, 9.17) is 9.47 Å². The summed E-state index contributed by atoms with van der Waals surface area (Å²) in [6.45, 7) is 6.01. The van der Waals surface area contributed by atoms with Gasteiger partial charge in [-0.05, 0) is 42.2 Å². The number of non-ortho nitro benzene ring substituents is 1. The lowest BCUT2D eigenvalue weighted by Crippen LogP contribution is -2.20. The smallest absolute Gasteiger partial charge is 0.271 e. The molecule has 1 N–H and O–H groups in total. The Bertz CT molecular complexity index is 818. The molecule has 26 heavy (non-hydrogen) atoms. The number of aryl methyl sites for hydroxylation is 1. The Morgan fingerprint density at radius 1 is 1.23 bits per heavy atom.